The van der Waals surface area contributed by atoms with Crippen LogP contribution in [-0.2, 0) is 11.2 Å². The van der Waals surface area contributed by atoms with Crippen LogP contribution in [0.15, 0.2) is 78.9 Å². The summed E-state index contributed by atoms with van der Waals surface area (Å²) in [6, 6.07) is 28.4. The van der Waals surface area contributed by atoms with Gasteiger partial charge in [0, 0.05) is 13.6 Å². The molecule has 0 fully saturated rings. The first-order valence-corrected chi connectivity index (χ1v) is 15.7. The van der Waals surface area contributed by atoms with Crippen LogP contribution >= 0.6 is 11.8 Å². The minimum atomic E-state index is 0.249. The lowest BCUT2D eigenvalue weighted by Gasteiger charge is -2.17. The molecule has 0 unspecified atom stereocenters. The molecule has 0 saturated heterocycles. The van der Waals surface area contributed by atoms with E-state index in [1.807, 2.05) is 11.9 Å². The second-order valence-electron chi connectivity index (χ2n) is 10.4. The summed E-state index contributed by atoms with van der Waals surface area (Å²) in [5, 5.41) is 0. The molecule has 4 rings (SSSR count). The van der Waals surface area contributed by atoms with Crippen molar-refractivity contribution in [3.63, 3.8) is 0 Å². The van der Waals surface area contributed by atoms with Crippen molar-refractivity contribution in [3.8, 4) is 5.75 Å². The van der Waals surface area contributed by atoms with Crippen LogP contribution in [0.25, 0.3) is 11.1 Å². The largest absolute Gasteiger partial charge is 0.494 e. The summed E-state index contributed by atoms with van der Waals surface area (Å²) < 4.78 is 6.08. The van der Waals surface area contributed by atoms with E-state index < -0.39 is 0 Å². The first-order chi connectivity index (χ1) is 19.2. The lowest BCUT2D eigenvalue weighted by atomic mass is 9.88. The second-order valence-corrected chi connectivity index (χ2v) is 11.5. The molecular formula is C35H43NO2S. The van der Waals surface area contributed by atoms with Gasteiger partial charge in [0.15, 0.2) is 0 Å². The first-order valence-electron chi connectivity index (χ1n) is 14.6. The standard InChI is InChI=1S/C35H43NO2S/c1-3-4-24-36(2)34(37)27-39-26-12-6-11-25-38-31-22-20-30(21-23-31)35-32-18-10-9-16-29(32)17-13-19-33(35)28-14-7-5-8-15-28/h5,7-10,14-16,18,20-23H,3-4,6,11-13,17,19,24-27H2,1-2H3. The molecular weight excluding hydrogens is 498 g/mol. The smallest absolute Gasteiger partial charge is 0.232 e. The van der Waals surface area contributed by atoms with Gasteiger partial charge in [-0.15, -0.1) is 0 Å². The monoisotopic (exact) mass is 541 g/mol. The zero-order valence-electron chi connectivity index (χ0n) is 23.7. The Hall–Kier alpha value is -2.98. The van der Waals surface area contributed by atoms with Crippen LogP contribution in [0.2, 0.25) is 0 Å². The molecule has 4 heteroatoms. The van der Waals surface area contributed by atoms with Gasteiger partial charge in [0.25, 0.3) is 0 Å². The average Bonchev–Trinajstić information content (AvgIpc) is 3.17. The summed E-state index contributed by atoms with van der Waals surface area (Å²) in [6.45, 7) is 3.75. The maximum absolute atomic E-state index is 12.1. The van der Waals surface area contributed by atoms with Crippen molar-refractivity contribution in [1.29, 1.82) is 0 Å². The summed E-state index contributed by atoms with van der Waals surface area (Å²) in [4.78, 5) is 14.0. The molecule has 0 aliphatic heterocycles. The Morgan fingerprint density at radius 2 is 1.62 bits per heavy atom. The Morgan fingerprint density at radius 1 is 0.846 bits per heavy atom. The molecule has 1 aliphatic rings. The SMILES string of the molecule is CCCCN(C)C(=O)CSCCCCCOc1ccc(C2=C(c3ccccc3)CCCc3ccccc32)cc1. The maximum atomic E-state index is 12.1. The molecule has 3 aromatic carbocycles. The zero-order valence-corrected chi connectivity index (χ0v) is 24.5. The molecule has 0 N–H and O–H groups in total. The van der Waals surface area contributed by atoms with Crippen molar-refractivity contribution in [1.82, 2.24) is 4.90 Å². The number of carbonyl (C=O) groups excluding carboxylic acids is 1. The lowest BCUT2D eigenvalue weighted by molar-refractivity contribution is -0.127. The number of carbonyl (C=O) groups is 1. The number of hydrogen-bond acceptors (Lipinski definition) is 3. The Kier molecular flexibility index (Phi) is 11.6. The van der Waals surface area contributed by atoms with Crippen molar-refractivity contribution < 1.29 is 9.53 Å². The normalized spacial score (nSPS) is 13.1. The van der Waals surface area contributed by atoms with Crippen LogP contribution in [0.5, 0.6) is 5.75 Å². The molecule has 1 amide bonds. The van der Waals surface area contributed by atoms with E-state index in [0.717, 1.165) is 76.0 Å². The van der Waals surface area contributed by atoms with Crippen LogP contribution in [-0.4, -0.2) is 42.5 Å². The molecule has 0 atom stereocenters. The summed E-state index contributed by atoms with van der Waals surface area (Å²) in [7, 11) is 1.91. The fraction of sp³-hybridized carbons (Fsp3) is 0.400. The Balaban J connectivity index is 1.29. The van der Waals surface area contributed by atoms with Crippen molar-refractivity contribution in [3.05, 3.63) is 101 Å². The maximum Gasteiger partial charge on any atom is 0.232 e. The van der Waals surface area contributed by atoms with Gasteiger partial charge in [-0.05, 0) is 96.2 Å². The molecule has 0 bridgehead atoms. The molecule has 0 radical (unpaired) electrons. The molecule has 1 aliphatic carbocycles. The van der Waals surface area contributed by atoms with E-state index in [9.17, 15) is 4.79 Å². The summed E-state index contributed by atoms with van der Waals surface area (Å²) >= 11 is 1.75. The van der Waals surface area contributed by atoms with E-state index in [1.54, 1.807) is 11.8 Å². The van der Waals surface area contributed by atoms with E-state index in [2.05, 4.69) is 85.8 Å². The van der Waals surface area contributed by atoms with Gasteiger partial charge in [-0.3, -0.25) is 4.79 Å². The highest BCUT2D eigenvalue weighted by Gasteiger charge is 2.19. The van der Waals surface area contributed by atoms with Gasteiger partial charge < -0.3 is 9.64 Å². The number of unbranched alkanes of at least 4 members (excludes halogenated alkanes) is 3. The van der Waals surface area contributed by atoms with Crippen molar-refractivity contribution in [2.45, 2.75) is 58.3 Å². The third-order valence-electron chi connectivity index (χ3n) is 7.43. The van der Waals surface area contributed by atoms with Crippen LogP contribution < -0.4 is 4.74 Å². The predicted molar refractivity (Wildman–Crippen MR) is 167 cm³/mol. The third-order valence-corrected chi connectivity index (χ3v) is 8.46. The van der Waals surface area contributed by atoms with Gasteiger partial charge in [-0.2, -0.15) is 11.8 Å². The van der Waals surface area contributed by atoms with Gasteiger partial charge in [0.05, 0.1) is 12.4 Å². The highest BCUT2D eigenvalue weighted by Crippen LogP contribution is 2.40. The molecule has 0 heterocycles. The van der Waals surface area contributed by atoms with Crippen molar-refractivity contribution >= 4 is 28.8 Å². The number of fused-ring (bicyclic) bond motifs is 1. The number of allylic oxidation sites excluding steroid dienone is 1. The average molecular weight is 542 g/mol. The molecule has 3 nitrogen and oxygen atoms in total. The van der Waals surface area contributed by atoms with E-state index in [1.165, 1.54) is 33.4 Å². The van der Waals surface area contributed by atoms with Crippen LogP contribution in [0, 0.1) is 0 Å². The number of nitrogens with zero attached hydrogens (tertiary/aromatic N) is 1. The quantitative estimate of drug-likeness (QED) is 0.192. The second kappa shape index (κ2) is 15.6. The van der Waals surface area contributed by atoms with Gasteiger partial charge in [0.2, 0.25) is 5.91 Å². The van der Waals surface area contributed by atoms with E-state index in [0.29, 0.717) is 5.75 Å². The predicted octanol–water partition coefficient (Wildman–Crippen LogP) is 8.52. The first kappa shape index (κ1) is 29.0. The Morgan fingerprint density at radius 3 is 2.41 bits per heavy atom. The summed E-state index contributed by atoms with van der Waals surface area (Å²) in [5.41, 5.74) is 8.15. The fourth-order valence-corrected chi connectivity index (χ4v) is 6.11. The zero-order chi connectivity index (χ0) is 27.3. The van der Waals surface area contributed by atoms with Crippen molar-refractivity contribution in [2.75, 3.05) is 31.7 Å². The van der Waals surface area contributed by atoms with E-state index in [4.69, 9.17) is 4.74 Å². The number of hydrogen-bond donors (Lipinski definition) is 0. The van der Waals surface area contributed by atoms with Gasteiger partial charge in [0.1, 0.15) is 5.75 Å². The third kappa shape index (κ3) is 8.50. The molecule has 0 saturated carbocycles. The number of amides is 1. The van der Waals surface area contributed by atoms with E-state index >= 15 is 0 Å². The highest BCUT2D eigenvalue weighted by atomic mass is 32.2. The number of benzene rings is 3. The Bertz CT molecular complexity index is 1200. The number of thioether (sulfide) groups is 1. The fourth-order valence-electron chi connectivity index (χ4n) is 5.16. The highest BCUT2D eigenvalue weighted by molar-refractivity contribution is 7.99. The van der Waals surface area contributed by atoms with Gasteiger partial charge in [-0.25, -0.2) is 0 Å². The van der Waals surface area contributed by atoms with Gasteiger partial charge in [-0.1, -0.05) is 80.1 Å². The Labute approximate surface area is 239 Å². The summed E-state index contributed by atoms with van der Waals surface area (Å²) in [6.07, 6.45) is 8.83. The molecule has 0 aromatic heterocycles. The van der Waals surface area contributed by atoms with E-state index in [-0.39, 0.29) is 5.91 Å². The molecule has 3 aromatic rings. The minimum absolute atomic E-state index is 0.249. The molecule has 39 heavy (non-hydrogen) atoms. The number of aryl methyl sites for hydroxylation is 1. The van der Waals surface area contributed by atoms with Crippen molar-refractivity contribution in [2.24, 2.45) is 0 Å². The van der Waals surface area contributed by atoms with Crippen LogP contribution in [0.3, 0.4) is 0 Å². The number of rotatable bonds is 14. The molecule has 0 spiro atoms. The lowest BCUT2D eigenvalue weighted by Crippen LogP contribution is -2.29. The van der Waals surface area contributed by atoms with Crippen LogP contribution in [0.4, 0.5) is 0 Å². The number of ether oxygens (including phenoxy) is 1. The molecule has 206 valence electrons. The topological polar surface area (TPSA) is 29.5 Å². The van der Waals surface area contributed by atoms with Crippen LogP contribution in [0.1, 0.15) is 74.1 Å². The minimum Gasteiger partial charge on any atom is -0.494 e. The summed E-state index contributed by atoms with van der Waals surface area (Å²) in [5.74, 6) is 2.80. The van der Waals surface area contributed by atoms with Gasteiger partial charge >= 0.3 is 0 Å².